The van der Waals surface area contributed by atoms with E-state index in [4.69, 9.17) is 21.1 Å². The van der Waals surface area contributed by atoms with Crippen LogP contribution < -0.4 is 0 Å². The summed E-state index contributed by atoms with van der Waals surface area (Å²) < 4.78 is 13.7. The number of halogens is 1. The lowest BCUT2D eigenvalue weighted by atomic mass is 9.97. The number of aliphatic hydroxyl groups is 2. The highest BCUT2D eigenvalue weighted by Crippen LogP contribution is 2.45. The van der Waals surface area contributed by atoms with Gasteiger partial charge in [0, 0.05) is 22.2 Å². The summed E-state index contributed by atoms with van der Waals surface area (Å²) in [6.07, 6.45) is -1.07. The molecular formula is C19H18ClN3O4. The van der Waals surface area contributed by atoms with Crippen molar-refractivity contribution < 1.29 is 19.7 Å². The highest BCUT2D eigenvalue weighted by molar-refractivity contribution is 6.31. The number of hydrogen-bond acceptors (Lipinski definition) is 6. The van der Waals surface area contributed by atoms with Gasteiger partial charge in [0.15, 0.2) is 6.23 Å². The number of aliphatic hydroxyl groups excluding tert-OH is 2. The predicted octanol–water partition coefficient (Wildman–Crippen LogP) is 2.28. The minimum absolute atomic E-state index is 0.396. The molecule has 5 atom stereocenters. The Morgan fingerprint density at radius 2 is 2.04 bits per heavy atom. The molecule has 4 heterocycles. The van der Waals surface area contributed by atoms with Crippen LogP contribution in [0.4, 0.5) is 0 Å². The van der Waals surface area contributed by atoms with Gasteiger partial charge in [-0.25, -0.2) is 9.97 Å². The minimum atomic E-state index is -1.13. The standard InChI is InChI=1S/C19H18ClN3O4/c1-9-11-5-6-23(18(11)22-8-21-9)19-15(25)14(24)17(27-19)16-13-10(7-26-16)3-2-4-12(13)20/h2-6,8,14-17,19,24-25H,7H2,1H3/t14-,15+,16+,17-,19+/m0/s1. The van der Waals surface area contributed by atoms with Crippen molar-refractivity contribution in [2.75, 3.05) is 0 Å². The number of aryl methyl sites for hydroxylation is 1. The molecule has 2 aliphatic heterocycles. The monoisotopic (exact) mass is 387 g/mol. The minimum Gasteiger partial charge on any atom is -0.387 e. The Labute approximate surface area is 160 Å². The van der Waals surface area contributed by atoms with Crippen LogP contribution in [0.25, 0.3) is 11.0 Å². The third-order valence-corrected chi connectivity index (χ3v) is 5.73. The van der Waals surface area contributed by atoms with Gasteiger partial charge in [0.1, 0.15) is 36.4 Å². The summed E-state index contributed by atoms with van der Waals surface area (Å²) in [6, 6.07) is 7.47. The summed E-state index contributed by atoms with van der Waals surface area (Å²) in [4.78, 5) is 8.49. The molecule has 0 bridgehead atoms. The SMILES string of the molecule is Cc1ncnc2c1ccn2[C@@H]1O[C@H]([C@@H]2OCc3cccc(Cl)c32)[C@@H](O)[C@H]1O. The van der Waals surface area contributed by atoms with Crippen molar-refractivity contribution in [3.05, 3.63) is 58.6 Å². The van der Waals surface area contributed by atoms with Crippen LogP contribution in [-0.4, -0.2) is 43.1 Å². The molecule has 27 heavy (non-hydrogen) atoms. The van der Waals surface area contributed by atoms with Crippen molar-refractivity contribution in [3.63, 3.8) is 0 Å². The third kappa shape index (κ3) is 2.50. The molecule has 0 aliphatic carbocycles. The quantitative estimate of drug-likeness (QED) is 0.701. The van der Waals surface area contributed by atoms with Crippen LogP contribution in [0.3, 0.4) is 0 Å². The normalized spacial score (nSPS) is 30.1. The Morgan fingerprint density at radius 1 is 1.19 bits per heavy atom. The van der Waals surface area contributed by atoms with Crippen LogP contribution in [-0.2, 0) is 16.1 Å². The number of ether oxygens (including phenoxy) is 2. The van der Waals surface area contributed by atoms with Crippen molar-refractivity contribution in [3.8, 4) is 0 Å². The highest BCUT2D eigenvalue weighted by atomic mass is 35.5. The summed E-state index contributed by atoms with van der Waals surface area (Å²) in [5.74, 6) is 0. The predicted molar refractivity (Wildman–Crippen MR) is 97.2 cm³/mol. The summed E-state index contributed by atoms with van der Waals surface area (Å²) in [5.41, 5.74) is 3.26. The van der Waals surface area contributed by atoms with Gasteiger partial charge in [-0.3, -0.25) is 0 Å². The van der Waals surface area contributed by atoms with E-state index in [2.05, 4.69) is 9.97 Å². The van der Waals surface area contributed by atoms with Crippen molar-refractivity contribution in [2.45, 2.75) is 44.2 Å². The zero-order valence-electron chi connectivity index (χ0n) is 14.5. The number of aromatic nitrogens is 3. The van der Waals surface area contributed by atoms with Gasteiger partial charge in [0.2, 0.25) is 0 Å². The fourth-order valence-electron chi connectivity index (χ4n) is 4.02. The van der Waals surface area contributed by atoms with E-state index in [0.717, 1.165) is 22.2 Å². The topological polar surface area (TPSA) is 89.6 Å². The van der Waals surface area contributed by atoms with Crippen molar-refractivity contribution >= 4 is 22.6 Å². The lowest BCUT2D eigenvalue weighted by Crippen LogP contribution is -2.34. The molecule has 2 N–H and O–H groups in total. The van der Waals surface area contributed by atoms with E-state index in [1.54, 1.807) is 16.8 Å². The van der Waals surface area contributed by atoms with E-state index in [1.807, 2.05) is 25.1 Å². The lowest BCUT2D eigenvalue weighted by Gasteiger charge is -2.22. The van der Waals surface area contributed by atoms with Crippen molar-refractivity contribution in [1.82, 2.24) is 14.5 Å². The summed E-state index contributed by atoms with van der Waals surface area (Å²) in [6.45, 7) is 2.29. The first-order valence-corrected chi connectivity index (χ1v) is 9.12. The number of nitrogens with zero attached hydrogens (tertiary/aromatic N) is 3. The van der Waals surface area contributed by atoms with Gasteiger partial charge in [-0.2, -0.15) is 0 Å². The molecular weight excluding hydrogens is 370 g/mol. The Hall–Kier alpha value is -2.03. The van der Waals surface area contributed by atoms with Crippen LogP contribution in [0, 0.1) is 6.92 Å². The van der Waals surface area contributed by atoms with E-state index >= 15 is 0 Å². The molecule has 2 aliphatic rings. The summed E-state index contributed by atoms with van der Waals surface area (Å²) in [7, 11) is 0. The van der Waals surface area contributed by atoms with Crippen LogP contribution in [0.2, 0.25) is 5.02 Å². The molecule has 2 aromatic heterocycles. The first kappa shape index (κ1) is 17.1. The van der Waals surface area contributed by atoms with Crippen LogP contribution in [0.1, 0.15) is 29.2 Å². The van der Waals surface area contributed by atoms with E-state index in [-0.39, 0.29) is 0 Å². The number of hydrogen-bond donors (Lipinski definition) is 2. The zero-order chi connectivity index (χ0) is 18.7. The van der Waals surface area contributed by atoms with E-state index < -0.39 is 30.6 Å². The Morgan fingerprint density at radius 3 is 2.89 bits per heavy atom. The van der Waals surface area contributed by atoms with Gasteiger partial charge in [-0.1, -0.05) is 23.7 Å². The van der Waals surface area contributed by atoms with Crippen LogP contribution in [0.15, 0.2) is 36.8 Å². The molecule has 5 rings (SSSR count). The number of rotatable bonds is 2. The zero-order valence-corrected chi connectivity index (χ0v) is 15.2. The number of benzene rings is 1. The van der Waals surface area contributed by atoms with E-state index in [9.17, 15) is 10.2 Å². The highest BCUT2D eigenvalue weighted by Gasteiger charge is 2.50. The fraction of sp³-hybridized carbons (Fsp3) is 0.368. The molecule has 0 unspecified atom stereocenters. The first-order chi connectivity index (χ1) is 13.1. The fourth-order valence-corrected chi connectivity index (χ4v) is 4.32. The molecule has 1 aromatic carbocycles. The first-order valence-electron chi connectivity index (χ1n) is 8.75. The maximum atomic E-state index is 10.7. The Balaban J connectivity index is 1.51. The van der Waals surface area contributed by atoms with Crippen molar-refractivity contribution in [2.24, 2.45) is 0 Å². The molecule has 0 radical (unpaired) electrons. The summed E-state index contributed by atoms with van der Waals surface area (Å²) >= 11 is 6.36. The maximum Gasteiger partial charge on any atom is 0.164 e. The molecule has 0 amide bonds. The molecule has 3 aromatic rings. The average molecular weight is 388 g/mol. The third-order valence-electron chi connectivity index (χ3n) is 5.40. The average Bonchev–Trinajstić information content (AvgIpc) is 3.34. The number of fused-ring (bicyclic) bond motifs is 2. The summed E-state index contributed by atoms with van der Waals surface area (Å²) in [5, 5.41) is 22.8. The van der Waals surface area contributed by atoms with Crippen molar-refractivity contribution in [1.29, 1.82) is 0 Å². The van der Waals surface area contributed by atoms with Gasteiger partial charge in [0.25, 0.3) is 0 Å². The van der Waals surface area contributed by atoms with Gasteiger partial charge in [0.05, 0.1) is 12.3 Å². The molecule has 1 saturated heterocycles. The molecule has 1 fully saturated rings. The molecule has 140 valence electrons. The molecule has 0 saturated carbocycles. The van der Waals surface area contributed by atoms with Gasteiger partial charge in [-0.15, -0.1) is 0 Å². The van der Waals surface area contributed by atoms with Crippen LogP contribution >= 0.6 is 11.6 Å². The second-order valence-electron chi connectivity index (χ2n) is 6.94. The lowest BCUT2D eigenvalue weighted by molar-refractivity contribution is -0.104. The largest absolute Gasteiger partial charge is 0.387 e. The Kier molecular flexibility index (Phi) is 3.96. The van der Waals surface area contributed by atoms with Gasteiger partial charge >= 0.3 is 0 Å². The molecule has 8 heteroatoms. The molecule has 0 spiro atoms. The van der Waals surface area contributed by atoms with E-state index in [1.165, 1.54) is 6.33 Å². The second kappa shape index (κ2) is 6.25. The second-order valence-corrected chi connectivity index (χ2v) is 7.34. The van der Waals surface area contributed by atoms with Gasteiger partial charge < -0.3 is 24.3 Å². The Bertz CT molecular complexity index is 1020. The molecule has 7 nitrogen and oxygen atoms in total. The van der Waals surface area contributed by atoms with E-state index in [0.29, 0.717) is 17.3 Å². The smallest absolute Gasteiger partial charge is 0.164 e. The van der Waals surface area contributed by atoms with Crippen LogP contribution in [0.5, 0.6) is 0 Å². The van der Waals surface area contributed by atoms with Gasteiger partial charge in [-0.05, 0) is 24.6 Å². The maximum absolute atomic E-state index is 10.7.